The minimum atomic E-state index is -4.29. The van der Waals surface area contributed by atoms with Crippen molar-refractivity contribution < 1.29 is 41.1 Å². The number of carboxylic acid groups (broad SMARTS) is 1. The van der Waals surface area contributed by atoms with E-state index in [9.17, 15) is 6.86 Å². The summed E-state index contributed by atoms with van der Waals surface area (Å²) >= 11 is -4.29. The van der Waals surface area contributed by atoms with Gasteiger partial charge in [0.1, 0.15) is 0 Å². The molecule has 0 atom stereocenters. The fourth-order valence-electron chi connectivity index (χ4n) is 0. The maximum atomic E-state index is 9.19. The Morgan fingerprint density at radius 1 is 1.33 bits per heavy atom. The monoisotopic (exact) mass is 223 g/mol. The molecule has 0 saturated heterocycles. The van der Waals surface area contributed by atoms with Crippen molar-refractivity contribution in [3.05, 3.63) is 0 Å². The standard InChI is InChI=1S/CO2.2H3N.Nb.H2O.2O/c2-1-3;;;;;;/h;2*1H3;;1H2;;/q-1;;;;;;-1/p+2. The maximum Gasteiger partial charge on any atom is -0.369 e. The Balaban J connectivity index is -0.0000000417. The number of hydrogen-bond acceptors (Lipinski definition) is 4. The third-order valence-electron chi connectivity index (χ3n) is 0.149. The van der Waals surface area contributed by atoms with E-state index in [-0.39, 0.29) is 17.8 Å². The van der Waals surface area contributed by atoms with Gasteiger partial charge in [-0.3, -0.25) is 0 Å². The molecule has 7 nitrogen and oxygen atoms in total. The Morgan fingerprint density at radius 3 is 1.44 bits per heavy atom. The number of carbonyl (C=O) groups is 1. The van der Waals surface area contributed by atoms with Gasteiger partial charge in [-0.2, -0.15) is 0 Å². The summed E-state index contributed by atoms with van der Waals surface area (Å²) in [7, 11) is 0. The van der Waals surface area contributed by atoms with Crippen molar-refractivity contribution in [3.8, 4) is 0 Å². The van der Waals surface area contributed by atoms with Gasteiger partial charge in [-0.05, 0) is 0 Å². The summed E-state index contributed by atoms with van der Waals surface area (Å²) in [6.07, 6.45) is 0. The van der Waals surface area contributed by atoms with Crippen LogP contribution in [0.15, 0.2) is 0 Å². The minimum absolute atomic E-state index is 0. The van der Waals surface area contributed by atoms with E-state index in [1.807, 2.05) is 0 Å². The Hall–Kier alpha value is -0.150. The van der Waals surface area contributed by atoms with Crippen LogP contribution in [0.3, 0.4) is 0 Å². The molecule has 0 bridgehead atoms. The normalized spacial score (nSPS) is 5.00. The van der Waals surface area contributed by atoms with E-state index in [4.69, 9.17) is 9.90 Å². The third-order valence-corrected chi connectivity index (χ3v) is 0.882. The summed E-state index contributed by atoms with van der Waals surface area (Å²) in [6.45, 7) is 0. The van der Waals surface area contributed by atoms with Gasteiger partial charge < -0.3 is 17.8 Å². The maximum absolute atomic E-state index is 9.19. The predicted octanol–water partition coefficient (Wildman–Crippen LogP) is -2.50. The summed E-state index contributed by atoms with van der Waals surface area (Å²) in [5, 5.41) is 9.04. The van der Waals surface area contributed by atoms with Crippen LogP contribution in [0.1, 0.15) is 0 Å². The molecule has 0 fully saturated rings. The molecule has 8 heteroatoms. The molecule has 0 aliphatic carbocycles. The second-order valence-electron chi connectivity index (χ2n) is 0.523. The average molecular weight is 223 g/mol. The van der Waals surface area contributed by atoms with Crippen LogP contribution in [0.5, 0.6) is 0 Å². The van der Waals surface area contributed by atoms with Crippen LogP contribution in [0.2, 0.25) is 0 Å². The molecule has 10 N–H and O–H groups in total. The number of hydrogen-bond donors (Lipinski definition) is 2. The van der Waals surface area contributed by atoms with Crippen molar-refractivity contribution in [2.24, 2.45) is 0 Å². The Morgan fingerprint density at radius 2 is 1.44 bits per heavy atom. The van der Waals surface area contributed by atoms with Crippen molar-refractivity contribution in [2.75, 3.05) is 0 Å². The molecule has 0 unspecified atom stereocenters. The van der Waals surface area contributed by atoms with E-state index >= 15 is 0 Å². The van der Waals surface area contributed by atoms with Crippen LogP contribution in [0, 0.1) is 0 Å². The van der Waals surface area contributed by atoms with Crippen molar-refractivity contribution >= 4 is 4.19 Å². The van der Waals surface area contributed by atoms with Gasteiger partial charge in [-0.1, -0.05) is 0 Å². The van der Waals surface area contributed by atoms with Crippen LogP contribution in [-0.2, 0) is 22.1 Å². The minimum Gasteiger partial charge on any atom is -0.369 e. The molecule has 0 saturated carbocycles. The fraction of sp³-hybridized carbons (Fsp3) is 0. The number of carbonyl (C=O) groups excluding carboxylic acids is 1. The Kier molecular flexibility index (Phi) is 27.7. The molecule has 0 spiro atoms. The van der Waals surface area contributed by atoms with Gasteiger partial charge >= 0.3 is 39.8 Å². The van der Waals surface area contributed by atoms with Crippen LogP contribution in [0.25, 0.3) is 0 Å². The van der Waals surface area contributed by atoms with Crippen LogP contribution in [0.4, 0.5) is 4.79 Å². The van der Waals surface area contributed by atoms with Crippen LogP contribution >= 0.6 is 0 Å². The molecular formula is CH10N2NbO5. The van der Waals surface area contributed by atoms with Crippen LogP contribution < -0.4 is 21.0 Å². The molecule has 0 aromatic rings. The summed E-state index contributed by atoms with van der Waals surface area (Å²) in [5.74, 6) is 0. The van der Waals surface area contributed by atoms with E-state index in [0.29, 0.717) is 0 Å². The van der Waals surface area contributed by atoms with Gasteiger partial charge in [0.25, 0.3) is 0 Å². The zero-order chi connectivity index (χ0) is 5.15. The number of quaternary nitrogens is 2. The molecule has 0 amide bonds. The average Bonchev–Trinajstić information content (AvgIpc) is 1.36. The van der Waals surface area contributed by atoms with Gasteiger partial charge in [0.05, 0.1) is 0 Å². The first-order valence-electron chi connectivity index (χ1n) is 0.997. The molecule has 0 aliphatic heterocycles. The third kappa shape index (κ3) is 18.1. The molecule has 0 rings (SSSR count). The summed E-state index contributed by atoms with van der Waals surface area (Å²) in [4.78, 5) is 9.04. The quantitative estimate of drug-likeness (QED) is 0.465. The first-order chi connectivity index (χ1) is 2.64. The van der Waals surface area contributed by atoms with Gasteiger partial charge in [-0.15, -0.1) is 0 Å². The SMILES string of the molecule is O.O=[C]([O-])[Nb](=[O])[O-].[NH4+].[NH4+]. The van der Waals surface area contributed by atoms with E-state index in [2.05, 4.69) is 0 Å². The Bertz CT molecular complexity index is 81.0. The van der Waals surface area contributed by atoms with Gasteiger partial charge in [0.2, 0.25) is 0 Å². The summed E-state index contributed by atoms with van der Waals surface area (Å²) < 4.78 is 16.5. The van der Waals surface area contributed by atoms with Crippen molar-refractivity contribution in [1.82, 2.24) is 12.3 Å². The second-order valence-corrected chi connectivity index (χ2v) is 2.68. The molecular weight excluding hydrogens is 213 g/mol. The van der Waals surface area contributed by atoms with Gasteiger partial charge in [-0.25, -0.2) is 0 Å². The second kappa shape index (κ2) is 10.8. The topological polar surface area (TPSA) is 185 Å². The summed E-state index contributed by atoms with van der Waals surface area (Å²) in [5.41, 5.74) is 0. The molecule has 9 heavy (non-hydrogen) atoms. The predicted molar refractivity (Wildman–Crippen MR) is 21.7 cm³/mol. The van der Waals surface area contributed by atoms with E-state index in [1.165, 1.54) is 0 Å². The molecule has 0 heterocycles. The van der Waals surface area contributed by atoms with E-state index in [0.717, 1.165) is 0 Å². The molecule has 0 aromatic heterocycles. The summed E-state index contributed by atoms with van der Waals surface area (Å²) in [6, 6.07) is 0. The van der Waals surface area contributed by atoms with Crippen molar-refractivity contribution in [3.63, 3.8) is 0 Å². The number of rotatable bonds is 1. The van der Waals surface area contributed by atoms with E-state index < -0.39 is 23.0 Å². The zero-order valence-electron chi connectivity index (χ0n) is 5.08. The molecule has 0 aromatic carbocycles. The smallest absolute Gasteiger partial charge is 0.369 e. The molecule has 0 radical (unpaired) electrons. The van der Waals surface area contributed by atoms with E-state index in [1.54, 1.807) is 0 Å². The first-order valence-corrected chi connectivity index (χ1v) is 3.89. The van der Waals surface area contributed by atoms with Crippen molar-refractivity contribution in [2.45, 2.75) is 0 Å². The zero-order valence-corrected chi connectivity index (χ0v) is 7.28. The molecule has 59 valence electrons. The Labute approximate surface area is 58.1 Å². The van der Waals surface area contributed by atoms with Gasteiger partial charge in [0.15, 0.2) is 0 Å². The van der Waals surface area contributed by atoms with Gasteiger partial charge in [0, 0.05) is 0 Å². The van der Waals surface area contributed by atoms with Crippen LogP contribution in [-0.4, -0.2) is 9.66 Å². The largest absolute Gasteiger partial charge is 0.369 e. The van der Waals surface area contributed by atoms with Crippen molar-refractivity contribution in [1.29, 1.82) is 0 Å². The first kappa shape index (κ1) is 23.2. The molecule has 0 aliphatic rings. The fourth-order valence-corrected chi connectivity index (χ4v) is 0.